The maximum Gasteiger partial charge on any atom is 0.309 e. The van der Waals surface area contributed by atoms with E-state index in [1.807, 2.05) is 37.3 Å². The smallest absolute Gasteiger partial charge is 0.309 e. The second-order valence-electron chi connectivity index (χ2n) is 8.49. The van der Waals surface area contributed by atoms with Gasteiger partial charge in [0, 0.05) is 23.7 Å². The Morgan fingerprint density at radius 1 is 1.08 bits per heavy atom. The van der Waals surface area contributed by atoms with Crippen molar-refractivity contribution in [1.82, 2.24) is 16.0 Å². The van der Waals surface area contributed by atoms with Crippen LogP contribution >= 0.6 is 0 Å². The number of nitrogens with one attached hydrogen (secondary N) is 3. The molecule has 1 fully saturated rings. The monoisotopic (exact) mass is 345 g/mol. The summed E-state index contributed by atoms with van der Waals surface area (Å²) in [6.07, 6.45) is 1.60. The van der Waals surface area contributed by atoms with Crippen molar-refractivity contribution in [2.24, 2.45) is 0 Å². The first-order valence-electron chi connectivity index (χ1n) is 9.01. The minimum Gasteiger partial charge on any atom is -0.347 e. The molecule has 0 aromatic heterocycles. The number of hydrogen-bond donors (Lipinski definition) is 3. The van der Waals surface area contributed by atoms with Crippen LogP contribution in [0, 0.1) is 0 Å². The first-order valence-corrected chi connectivity index (χ1v) is 9.01. The Morgan fingerprint density at radius 2 is 1.64 bits per heavy atom. The van der Waals surface area contributed by atoms with Gasteiger partial charge in [-0.1, -0.05) is 37.3 Å². The lowest BCUT2D eigenvalue weighted by Gasteiger charge is -2.46. The second kappa shape index (κ2) is 7.56. The van der Waals surface area contributed by atoms with Crippen molar-refractivity contribution in [2.45, 2.75) is 70.5 Å². The van der Waals surface area contributed by atoms with Crippen LogP contribution in [0.4, 0.5) is 0 Å². The van der Waals surface area contributed by atoms with E-state index in [-0.39, 0.29) is 23.0 Å². The molecule has 0 radical (unpaired) electrons. The van der Waals surface area contributed by atoms with Gasteiger partial charge in [-0.15, -0.1) is 0 Å². The molecule has 1 saturated heterocycles. The van der Waals surface area contributed by atoms with Gasteiger partial charge in [0.1, 0.15) is 0 Å². The van der Waals surface area contributed by atoms with Gasteiger partial charge < -0.3 is 16.0 Å². The summed E-state index contributed by atoms with van der Waals surface area (Å²) in [5.41, 5.74) is 1.00. The van der Waals surface area contributed by atoms with Crippen LogP contribution in [0.2, 0.25) is 0 Å². The van der Waals surface area contributed by atoms with E-state index in [9.17, 15) is 9.59 Å². The summed E-state index contributed by atoms with van der Waals surface area (Å²) in [4.78, 5) is 24.4. The number of carbonyl (C=O) groups excluding carboxylic acids is 2. The standard InChI is InChI=1S/C20H31N3O2/c1-14(15-9-7-6-8-10-15)13-21-17(24)18(25)22-16-11-19(2,3)23-20(4,5)12-16/h6-10,14,16,23H,11-13H2,1-5H3,(H,21,24)(H,22,25)/t14-/m0/s1. The molecule has 2 rings (SSSR count). The molecule has 25 heavy (non-hydrogen) atoms. The quantitative estimate of drug-likeness (QED) is 0.734. The molecule has 0 saturated carbocycles. The molecule has 2 amide bonds. The fraction of sp³-hybridized carbons (Fsp3) is 0.600. The van der Waals surface area contributed by atoms with Gasteiger partial charge in [-0.05, 0) is 52.0 Å². The van der Waals surface area contributed by atoms with Crippen LogP contribution in [-0.4, -0.2) is 35.5 Å². The zero-order valence-corrected chi connectivity index (χ0v) is 16.0. The van der Waals surface area contributed by atoms with Crippen LogP contribution in [0.1, 0.15) is 58.9 Å². The lowest BCUT2D eigenvalue weighted by atomic mass is 9.79. The first-order chi connectivity index (χ1) is 11.6. The average molecular weight is 345 g/mol. The molecule has 1 aromatic carbocycles. The predicted octanol–water partition coefficient (Wildman–Crippen LogP) is 2.33. The fourth-order valence-electron chi connectivity index (χ4n) is 3.90. The molecule has 0 aliphatic carbocycles. The van der Waals surface area contributed by atoms with Crippen LogP contribution in [0.15, 0.2) is 30.3 Å². The molecule has 5 nitrogen and oxygen atoms in total. The summed E-state index contributed by atoms with van der Waals surface area (Å²) in [6, 6.07) is 9.95. The Labute approximate surface area is 151 Å². The third-order valence-corrected chi connectivity index (χ3v) is 4.67. The van der Waals surface area contributed by atoms with Crippen molar-refractivity contribution in [3.8, 4) is 0 Å². The van der Waals surface area contributed by atoms with Gasteiger partial charge in [0.15, 0.2) is 0 Å². The van der Waals surface area contributed by atoms with Gasteiger partial charge in [0.05, 0.1) is 0 Å². The van der Waals surface area contributed by atoms with Crippen molar-refractivity contribution < 1.29 is 9.59 Å². The number of rotatable bonds is 4. The molecule has 0 unspecified atom stereocenters. The Hall–Kier alpha value is -1.88. The predicted molar refractivity (Wildman–Crippen MR) is 100 cm³/mol. The van der Waals surface area contributed by atoms with Gasteiger partial charge in [-0.2, -0.15) is 0 Å². The maximum atomic E-state index is 12.2. The number of amides is 2. The van der Waals surface area contributed by atoms with E-state index in [2.05, 4.69) is 43.6 Å². The normalized spacial score (nSPS) is 20.5. The van der Waals surface area contributed by atoms with Crippen LogP contribution in [-0.2, 0) is 9.59 Å². The summed E-state index contributed by atoms with van der Waals surface area (Å²) in [7, 11) is 0. The molecular formula is C20H31N3O2. The number of piperidine rings is 1. The largest absolute Gasteiger partial charge is 0.347 e. The number of carbonyl (C=O) groups is 2. The minimum atomic E-state index is -0.558. The van der Waals surface area contributed by atoms with E-state index in [0.717, 1.165) is 18.4 Å². The van der Waals surface area contributed by atoms with E-state index in [0.29, 0.717) is 6.54 Å². The molecule has 1 aliphatic rings. The Bertz CT molecular complexity index is 595. The third kappa shape index (κ3) is 5.85. The second-order valence-corrected chi connectivity index (χ2v) is 8.49. The van der Waals surface area contributed by atoms with E-state index >= 15 is 0 Å². The van der Waals surface area contributed by atoms with E-state index in [1.54, 1.807) is 0 Å². The maximum absolute atomic E-state index is 12.2. The lowest BCUT2D eigenvalue weighted by molar-refractivity contribution is -0.140. The Balaban J connectivity index is 1.85. The minimum absolute atomic E-state index is 0.00366. The highest BCUT2D eigenvalue weighted by Gasteiger charge is 2.38. The molecule has 5 heteroatoms. The molecule has 0 spiro atoms. The molecule has 138 valence electrons. The SMILES string of the molecule is C[C@@H](CNC(=O)C(=O)NC1CC(C)(C)NC(C)(C)C1)c1ccccc1. The number of benzene rings is 1. The summed E-state index contributed by atoms with van der Waals surface area (Å²) in [5, 5.41) is 9.22. The highest BCUT2D eigenvalue weighted by molar-refractivity contribution is 6.35. The highest BCUT2D eigenvalue weighted by Crippen LogP contribution is 2.28. The molecule has 1 heterocycles. The third-order valence-electron chi connectivity index (χ3n) is 4.67. The Kier molecular flexibility index (Phi) is 5.88. The molecule has 1 aliphatic heterocycles. The van der Waals surface area contributed by atoms with Crippen LogP contribution < -0.4 is 16.0 Å². The van der Waals surface area contributed by atoms with Crippen molar-refractivity contribution in [1.29, 1.82) is 0 Å². The molecule has 3 N–H and O–H groups in total. The van der Waals surface area contributed by atoms with Gasteiger partial charge >= 0.3 is 11.8 Å². The number of hydrogen-bond acceptors (Lipinski definition) is 3. The fourth-order valence-corrected chi connectivity index (χ4v) is 3.90. The van der Waals surface area contributed by atoms with Crippen LogP contribution in [0.3, 0.4) is 0 Å². The molecule has 1 atom stereocenters. The van der Waals surface area contributed by atoms with Gasteiger partial charge in [0.25, 0.3) is 0 Å². The zero-order chi connectivity index (χ0) is 18.7. The molecule has 1 aromatic rings. The topological polar surface area (TPSA) is 70.2 Å². The zero-order valence-electron chi connectivity index (χ0n) is 16.0. The summed E-state index contributed by atoms with van der Waals surface area (Å²) < 4.78 is 0. The van der Waals surface area contributed by atoms with Crippen molar-refractivity contribution >= 4 is 11.8 Å². The van der Waals surface area contributed by atoms with Crippen molar-refractivity contribution in [2.75, 3.05) is 6.54 Å². The highest BCUT2D eigenvalue weighted by atomic mass is 16.2. The summed E-state index contributed by atoms with van der Waals surface area (Å²) in [6.45, 7) is 11.0. The van der Waals surface area contributed by atoms with Crippen molar-refractivity contribution in [3.05, 3.63) is 35.9 Å². The lowest BCUT2D eigenvalue weighted by Crippen LogP contribution is -2.62. The van der Waals surface area contributed by atoms with E-state index < -0.39 is 11.8 Å². The van der Waals surface area contributed by atoms with Crippen LogP contribution in [0.25, 0.3) is 0 Å². The Morgan fingerprint density at radius 3 is 2.20 bits per heavy atom. The van der Waals surface area contributed by atoms with Gasteiger partial charge in [-0.3, -0.25) is 9.59 Å². The van der Waals surface area contributed by atoms with E-state index in [1.165, 1.54) is 0 Å². The average Bonchev–Trinajstić information content (AvgIpc) is 2.49. The summed E-state index contributed by atoms with van der Waals surface area (Å²) >= 11 is 0. The van der Waals surface area contributed by atoms with E-state index in [4.69, 9.17) is 0 Å². The molecule has 0 bridgehead atoms. The van der Waals surface area contributed by atoms with Gasteiger partial charge in [0.2, 0.25) is 0 Å². The van der Waals surface area contributed by atoms with Gasteiger partial charge in [-0.25, -0.2) is 0 Å². The van der Waals surface area contributed by atoms with Crippen LogP contribution in [0.5, 0.6) is 0 Å². The van der Waals surface area contributed by atoms with Crippen molar-refractivity contribution in [3.63, 3.8) is 0 Å². The first kappa shape index (κ1) is 19.4. The summed E-state index contributed by atoms with van der Waals surface area (Å²) in [5.74, 6) is -0.939. The molecular weight excluding hydrogens is 314 g/mol.